The Morgan fingerprint density at radius 3 is 2.13 bits per heavy atom. The van der Waals surface area contributed by atoms with Gasteiger partial charge in [-0.2, -0.15) is 0 Å². The van der Waals surface area contributed by atoms with Crippen molar-refractivity contribution in [3.05, 3.63) is 0 Å². The van der Waals surface area contributed by atoms with Gasteiger partial charge < -0.3 is 0 Å². The van der Waals surface area contributed by atoms with Crippen LogP contribution in [0.15, 0.2) is 0 Å². The molecule has 0 bridgehead atoms. The molecule has 3 N–H and O–H groups in total. The van der Waals surface area contributed by atoms with E-state index < -0.39 is 0 Å². The van der Waals surface area contributed by atoms with Crippen molar-refractivity contribution in [3.8, 4) is 0 Å². The van der Waals surface area contributed by atoms with Gasteiger partial charge in [0.2, 0.25) is 0 Å². The topological polar surface area (TPSA) is 36.1 Å². The van der Waals surface area contributed by atoms with E-state index in [9.17, 15) is 0 Å². The Labute approximate surface area is 94.4 Å². The lowest BCUT2D eigenvalue weighted by molar-refractivity contribution is 0.313. The lowest BCUT2D eigenvalue weighted by Gasteiger charge is -2.25. The second-order valence-electron chi connectivity index (χ2n) is 4.47. The quantitative estimate of drug-likeness (QED) is 0.541. The molecule has 1 rings (SSSR count). The number of hydrogen-bond acceptors (Lipinski definition) is 3. The summed E-state index contributed by atoms with van der Waals surface area (Å²) in [5.41, 5.74) is 0. The number of hydrogen-bond donors (Lipinski definition) is 3. The monoisotopic (exact) mass is 213 g/mol. The van der Waals surface area contributed by atoms with Crippen LogP contribution in [0.25, 0.3) is 0 Å². The van der Waals surface area contributed by atoms with Gasteiger partial charge in [0.25, 0.3) is 0 Å². The summed E-state index contributed by atoms with van der Waals surface area (Å²) in [5, 5.41) is 10.0. The highest BCUT2D eigenvalue weighted by atomic mass is 15.3. The minimum atomic E-state index is 0.543. The highest BCUT2D eigenvalue weighted by Gasteiger charge is 2.09. The van der Waals surface area contributed by atoms with Gasteiger partial charge in [0.05, 0.1) is 6.17 Å². The molecule has 0 saturated carbocycles. The Morgan fingerprint density at radius 2 is 1.47 bits per heavy atom. The number of nitrogens with one attached hydrogen (secondary N) is 3. The zero-order valence-corrected chi connectivity index (χ0v) is 10.1. The molecular formula is C12H27N3. The molecule has 0 atom stereocenters. The van der Waals surface area contributed by atoms with Crippen LogP contribution in [-0.2, 0) is 0 Å². The van der Waals surface area contributed by atoms with E-state index in [0.29, 0.717) is 6.17 Å². The van der Waals surface area contributed by atoms with Crippen LogP contribution >= 0.6 is 0 Å². The molecule has 0 radical (unpaired) electrons. The molecule has 1 saturated heterocycles. The van der Waals surface area contributed by atoms with Crippen molar-refractivity contribution in [2.45, 2.75) is 64.5 Å². The Balaban J connectivity index is 1.79. The Bertz CT molecular complexity index is 133. The molecule has 0 amide bonds. The highest BCUT2D eigenvalue weighted by Crippen LogP contribution is 2.09. The van der Waals surface area contributed by atoms with Crippen LogP contribution in [-0.4, -0.2) is 19.5 Å². The molecule has 0 unspecified atom stereocenters. The van der Waals surface area contributed by atoms with Crippen molar-refractivity contribution in [3.63, 3.8) is 0 Å². The van der Waals surface area contributed by atoms with E-state index in [1.807, 2.05) is 0 Å². The predicted octanol–water partition coefficient (Wildman–Crippen LogP) is 2.15. The molecule has 0 aromatic rings. The maximum absolute atomic E-state index is 3.41. The first-order chi connectivity index (χ1) is 7.43. The Kier molecular flexibility index (Phi) is 7.88. The smallest absolute Gasteiger partial charge is 0.0591 e. The molecule has 1 heterocycles. The standard InChI is InChI=1S/C12H27N3/c1-2-3-4-5-6-7-8-9-12-14-10-13-11-15-12/h12-15H,2-11H2,1H3. The van der Waals surface area contributed by atoms with E-state index in [2.05, 4.69) is 22.9 Å². The van der Waals surface area contributed by atoms with Crippen LogP contribution in [0.5, 0.6) is 0 Å². The molecule has 0 aliphatic carbocycles. The maximum Gasteiger partial charge on any atom is 0.0591 e. The molecule has 1 fully saturated rings. The lowest BCUT2D eigenvalue weighted by atomic mass is 10.1. The summed E-state index contributed by atoms with van der Waals surface area (Å²) >= 11 is 0. The molecule has 0 aromatic heterocycles. The summed E-state index contributed by atoms with van der Waals surface area (Å²) in [4.78, 5) is 0. The van der Waals surface area contributed by atoms with Crippen molar-refractivity contribution in [1.29, 1.82) is 0 Å². The largest absolute Gasteiger partial charge is 0.292 e. The summed E-state index contributed by atoms with van der Waals surface area (Å²) in [5.74, 6) is 0. The summed E-state index contributed by atoms with van der Waals surface area (Å²) < 4.78 is 0. The van der Waals surface area contributed by atoms with Crippen LogP contribution in [0.2, 0.25) is 0 Å². The maximum atomic E-state index is 3.41. The van der Waals surface area contributed by atoms with Crippen LogP contribution in [0, 0.1) is 0 Å². The molecule has 15 heavy (non-hydrogen) atoms. The van der Waals surface area contributed by atoms with Crippen LogP contribution < -0.4 is 16.0 Å². The first-order valence-corrected chi connectivity index (χ1v) is 6.61. The molecule has 1 aliphatic rings. The van der Waals surface area contributed by atoms with Crippen molar-refractivity contribution in [2.24, 2.45) is 0 Å². The summed E-state index contributed by atoms with van der Waals surface area (Å²) in [6.45, 7) is 4.18. The molecule has 1 aliphatic heterocycles. The first kappa shape index (κ1) is 12.9. The number of rotatable bonds is 8. The van der Waals surface area contributed by atoms with Gasteiger partial charge in [-0.3, -0.25) is 16.0 Å². The van der Waals surface area contributed by atoms with E-state index in [1.165, 1.54) is 51.4 Å². The Morgan fingerprint density at radius 1 is 0.867 bits per heavy atom. The van der Waals surface area contributed by atoms with E-state index in [1.54, 1.807) is 0 Å². The fourth-order valence-corrected chi connectivity index (χ4v) is 2.04. The molecule has 0 spiro atoms. The van der Waals surface area contributed by atoms with Gasteiger partial charge in [0.15, 0.2) is 0 Å². The van der Waals surface area contributed by atoms with Crippen LogP contribution in [0.4, 0.5) is 0 Å². The van der Waals surface area contributed by atoms with Gasteiger partial charge in [-0.05, 0) is 6.42 Å². The van der Waals surface area contributed by atoms with E-state index >= 15 is 0 Å². The van der Waals surface area contributed by atoms with E-state index in [-0.39, 0.29) is 0 Å². The molecule has 3 nitrogen and oxygen atoms in total. The third kappa shape index (κ3) is 6.88. The second kappa shape index (κ2) is 9.13. The SMILES string of the molecule is CCCCCCCCCC1NCNCN1. The summed E-state index contributed by atoms with van der Waals surface area (Å²) in [6.07, 6.45) is 11.6. The van der Waals surface area contributed by atoms with Gasteiger partial charge >= 0.3 is 0 Å². The molecule has 3 heteroatoms. The highest BCUT2D eigenvalue weighted by molar-refractivity contribution is 4.67. The fraction of sp³-hybridized carbons (Fsp3) is 1.00. The van der Waals surface area contributed by atoms with Crippen LogP contribution in [0.1, 0.15) is 58.3 Å². The van der Waals surface area contributed by atoms with E-state index in [4.69, 9.17) is 0 Å². The van der Waals surface area contributed by atoms with Crippen molar-refractivity contribution >= 4 is 0 Å². The molecule has 90 valence electrons. The fourth-order valence-electron chi connectivity index (χ4n) is 2.04. The zero-order valence-electron chi connectivity index (χ0n) is 10.1. The minimum absolute atomic E-state index is 0.543. The van der Waals surface area contributed by atoms with Gasteiger partial charge in [0, 0.05) is 13.3 Å². The first-order valence-electron chi connectivity index (χ1n) is 6.61. The Hall–Kier alpha value is -0.120. The van der Waals surface area contributed by atoms with Crippen molar-refractivity contribution in [2.75, 3.05) is 13.3 Å². The van der Waals surface area contributed by atoms with Crippen LogP contribution in [0.3, 0.4) is 0 Å². The van der Waals surface area contributed by atoms with Gasteiger partial charge in [0.1, 0.15) is 0 Å². The third-order valence-corrected chi connectivity index (χ3v) is 3.04. The van der Waals surface area contributed by atoms with Gasteiger partial charge in [-0.1, -0.05) is 51.9 Å². The van der Waals surface area contributed by atoms with Crippen molar-refractivity contribution < 1.29 is 0 Å². The average Bonchev–Trinajstić information content (AvgIpc) is 2.29. The zero-order chi connectivity index (χ0) is 10.8. The number of unbranched alkanes of at least 4 members (excludes halogenated alkanes) is 6. The summed E-state index contributed by atoms with van der Waals surface area (Å²) in [7, 11) is 0. The van der Waals surface area contributed by atoms with Gasteiger partial charge in [-0.25, -0.2) is 0 Å². The minimum Gasteiger partial charge on any atom is -0.292 e. The predicted molar refractivity (Wildman–Crippen MR) is 65.5 cm³/mol. The van der Waals surface area contributed by atoms with Gasteiger partial charge in [-0.15, -0.1) is 0 Å². The van der Waals surface area contributed by atoms with Crippen molar-refractivity contribution in [1.82, 2.24) is 16.0 Å². The average molecular weight is 213 g/mol. The molecular weight excluding hydrogens is 186 g/mol. The lowest BCUT2D eigenvalue weighted by Crippen LogP contribution is -2.55. The van der Waals surface area contributed by atoms with E-state index in [0.717, 1.165) is 13.3 Å². The molecule has 0 aromatic carbocycles. The normalized spacial score (nSPS) is 18.2. The third-order valence-electron chi connectivity index (χ3n) is 3.04. The second-order valence-corrected chi connectivity index (χ2v) is 4.47. The summed E-state index contributed by atoms with van der Waals surface area (Å²) in [6, 6.07) is 0.